The van der Waals surface area contributed by atoms with Crippen LogP contribution in [0.3, 0.4) is 0 Å². The Balaban J connectivity index is 3.13. The molecule has 0 heterocycles. The molecule has 0 N–H and O–H groups in total. The van der Waals surface area contributed by atoms with Gasteiger partial charge in [0.15, 0.2) is 0 Å². The highest BCUT2D eigenvalue weighted by Crippen LogP contribution is 2.21. The number of halogens is 1. The number of benzene rings is 1. The Hall–Kier alpha value is -1.02. The molecule has 0 spiro atoms. The number of carbonyl (C=O) groups is 1. The molecule has 0 aromatic heterocycles. The van der Waals surface area contributed by atoms with Crippen LogP contribution in [-0.2, 0) is 21.8 Å². The summed E-state index contributed by atoms with van der Waals surface area (Å²) in [7, 11) is 1.40. The van der Waals surface area contributed by atoms with Gasteiger partial charge < -0.3 is 4.74 Å². The second kappa shape index (κ2) is 5.17. The molecule has 0 aliphatic heterocycles. The maximum Gasteiger partial charge on any atom is 0.309 e. The largest absolute Gasteiger partial charge is 0.469 e. The summed E-state index contributed by atoms with van der Waals surface area (Å²) in [5.41, 5.74) is 4.25. The highest BCUT2D eigenvalue weighted by Gasteiger charge is 2.12. The summed E-state index contributed by atoms with van der Waals surface area (Å²) < 4.78 is 4.67. The molecule has 0 bridgehead atoms. The van der Waals surface area contributed by atoms with Gasteiger partial charge >= 0.3 is 5.97 Å². The Kier molecular flexibility index (Phi) is 4.15. The summed E-state index contributed by atoms with van der Waals surface area (Å²) in [6.07, 6.45) is 0.298. The molecule has 0 unspecified atom stereocenters. The number of methoxy groups -OCH3 is 1. The lowest BCUT2D eigenvalue weighted by molar-refractivity contribution is -0.139. The van der Waals surface area contributed by atoms with Gasteiger partial charge in [-0.3, -0.25) is 4.79 Å². The van der Waals surface area contributed by atoms with Crippen molar-refractivity contribution in [2.24, 2.45) is 0 Å². The second-order valence-corrected chi connectivity index (χ2v) is 3.81. The molecule has 0 saturated carbocycles. The summed E-state index contributed by atoms with van der Waals surface area (Å²) in [5, 5.41) is 0. The van der Waals surface area contributed by atoms with E-state index in [-0.39, 0.29) is 5.97 Å². The minimum Gasteiger partial charge on any atom is -0.469 e. The van der Waals surface area contributed by atoms with Crippen LogP contribution >= 0.6 is 11.6 Å². The Labute approximate surface area is 95.2 Å². The molecular formula is C12H15ClO2. The normalized spacial score (nSPS) is 10.1. The monoisotopic (exact) mass is 226 g/mol. The third-order valence-corrected chi connectivity index (χ3v) is 2.85. The third-order valence-electron chi connectivity index (χ3n) is 2.58. The number of esters is 1. The van der Waals surface area contributed by atoms with Crippen molar-refractivity contribution in [1.82, 2.24) is 0 Å². The van der Waals surface area contributed by atoms with Crippen LogP contribution in [0.5, 0.6) is 0 Å². The predicted molar refractivity (Wildman–Crippen MR) is 61.2 cm³/mol. The van der Waals surface area contributed by atoms with Crippen molar-refractivity contribution in [3.05, 3.63) is 34.4 Å². The van der Waals surface area contributed by atoms with E-state index in [4.69, 9.17) is 11.6 Å². The lowest BCUT2D eigenvalue weighted by Gasteiger charge is -2.12. The summed E-state index contributed by atoms with van der Waals surface area (Å²) in [6, 6.07) is 4.03. The average Bonchev–Trinajstić information content (AvgIpc) is 2.23. The first-order valence-electron chi connectivity index (χ1n) is 4.81. The van der Waals surface area contributed by atoms with Gasteiger partial charge in [0.2, 0.25) is 0 Å². The van der Waals surface area contributed by atoms with Crippen LogP contribution in [-0.4, -0.2) is 13.1 Å². The molecule has 82 valence electrons. The van der Waals surface area contributed by atoms with Crippen LogP contribution in [0, 0.1) is 13.8 Å². The fourth-order valence-corrected chi connectivity index (χ4v) is 1.95. The SMILES string of the molecule is COC(=O)Cc1c(C)ccc(C)c1CCl. The molecular weight excluding hydrogens is 212 g/mol. The zero-order chi connectivity index (χ0) is 11.4. The quantitative estimate of drug-likeness (QED) is 0.585. The first-order chi connectivity index (χ1) is 7.10. The van der Waals surface area contributed by atoms with Crippen molar-refractivity contribution in [2.45, 2.75) is 26.1 Å². The molecule has 0 saturated heterocycles. The van der Waals surface area contributed by atoms with Crippen molar-refractivity contribution in [3.63, 3.8) is 0 Å². The number of ether oxygens (including phenoxy) is 1. The Morgan fingerprint density at radius 1 is 1.27 bits per heavy atom. The van der Waals surface area contributed by atoms with Gasteiger partial charge in [-0.05, 0) is 36.1 Å². The minimum atomic E-state index is -0.227. The Bertz CT molecular complexity index is 372. The van der Waals surface area contributed by atoms with E-state index in [1.807, 2.05) is 26.0 Å². The lowest BCUT2D eigenvalue weighted by atomic mass is 9.96. The number of alkyl halides is 1. The summed E-state index contributed by atoms with van der Waals surface area (Å²) in [6.45, 7) is 3.98. The number of carbonyl (C=O) groups excluding carboxylic acids is 1. The highest BCUT2D eigenvalue weighted by atomic mass is 35.5. The molecule has 0 radical (unpaired) electrons. The van der Waals surface area contributed by atoms with E-state index in [0.717, 1.165) is 22.3 Å². The van der Waals surface area contributed by atoms with Gasteiger partial charge in [-0.1, -0.05) is 12.1 Å². The standard InChI is InChI=1S/C12H15ClO2/c1-8-4-5-9(2)11(7-13)10(8)6-12(14)15-3/h4-5H,6-7H2,1-3H3. The van der Waals surface area contributed by atoms with Crippen molar-refractivity contribution in [1.29, 1.82) is 0 Å². The van der Waals surface area contributed by atoms with Gasteiger partial charge in [-0.25, -0.2) is 0 Å². The average molecular weight is 227 g/mol. The molecule has 0 aliphatic carbocycles. The maximum absolute atomic E-state index is 11.2. The predicted octanol–water partition coefficient (Wildman–Crippen LogP) is 2.76. The number of hydrogen-bond acceptors (Lipinski definition) is 2. The van der Waals surface area contributed by atoms with Gasteiger partial charge in [0.25, 0.3) is 0 Å². The molecule has 1 aromatic rings. The van der Waals surface area contributed by atoms with E-state index in [1.54, 1.807) is 0 Å². The van der Waals surface area contributed by atoms with Gasteiger partial charge in [0, 0.05) is 5.88 Å². The fraction of sp³-hybridized carbons (Fsp3) is 0.417. The van der Waals surface area contributed by atoms with E-state index in [0.29, 0.717) is 12.3 Å². The summed E-state index contributed by atoms with van der Waals surface area (Å²) in [4.78, 5) is 11.2. The molecule has 3 heteroatoms. The summed E-state index contributed by atoms with van der Waals surface area (Å²) >= 11 is 5.88. The molecule has 1 aromatic carbocycles. The van der Waals surface area contributed by atoms with Gasteiger partial charge in [-0.2, -0.15) is 0 Å². The third kappa shape index (κ3) is 2.72. The maximum atomic E-state index is 11.2. The van der Waals surface area contributed by atoms with Gasteiger partial charge in [-0.15, -0.1) is 11.6 Å². The first-order valence-corrected chi connectivity index (χ1v) is 5.34. The second-order valence-electron chi connectivity index (χ2n) is 3.54. The van der Waals surface area contributed by atoms with Crippen LogP contribution in [0.1, 0.15) is 22.3 Å². The summed E-state index contributed by atoms with van der Waals surface area (Å²) in [5.74, 6) is 0.204. The van der Waals surface area contributed by atoms with Crippen molar-refractivity contribution in [3.8, 4) is 0 Å². The highest BCUT2D eigenvalue weighted by molar-refractivity contribution is 6.17. The smallest absolute Gasteiger partial charge is 0.309 e. The van der Waals surface area contributed by atoms with E-state index in [2.05, 4.69) is 4.74 Å². The van der Waals surface area contributed by atoms with Crippen LogP contribution in [0.2, 0.25) is 0 Å². The van der Waals surface area contributed by atoms with Crippen LogP contribution < -0.4 is 0 Å². The molecule has 1 rings (SSSR count). The number of rotatable bonds is 3. The zero-order valence-electron chi connectivity index (χ0n) is 9.26. The van der Waals surface area contributed by atoms with Crippen LogP contribution in [0.4, 0.5) is 0 Å². The van der Waals surface area contributed by atoms with Crippen molar-refractivity contribution in [2.75, 3.05) is 7.11 Å². The van der Waals surface area contributed by atoms with Gasteiger partial charge in [0.1, 0.15) is 0 Å². The molecule has 2 nitrogen and oxygen atoms in total. The topological polar surface area (TPSA) is 26.3 Å². The lowest BCUT2D eigenvalue weighted by Crippen LogP contribution is -2.09. The minimum absolute atomic E-state index is 0.227. The van der Waals surface area contributed by atoms with E-state index in [1.165, 1.54) is 7.11 Å². The Morgan fingerprint density at radius 3 is 2.27 bits per heavy atom. The molecule has 0 fully saturated rings. The Morgan fingerprint density at radius 2 is 1.80 bits per heavy atom. The van der Waals surface area contributed by atoms with Crippen molar-refractivity contribution < 1.29 is 9.53 Å². The van der Waals surface area contributed by atoms with Crippen molar-refractivity contribution >= 4 is 17.6 Å². The number of aryl methyl sites for hydroxylation is 2. The van der Waals surface area contributed by atoms with Crippen LogP contribution in [0.15, 0.2) is 12.1 Å². The number of hydrogen-bond donors (Lipinski definition) is 0. The van der Waals surface area contributed by atoms with E-state index >= 15 is 0 Å². The van der Waals surface area contributed by atoms with E-state index < -0.39 is 0 Å². The van der Waals surface area contributed by atoms with E-state index in [9.17, 15) is 4.79 Å². The van der Waals surface area contributed by atoms with Crippen LogP contribution in [0.25, 0.3) is 0 Å². The first kappa shape index (κ1) is 12.1. The molecule has 0 aliphatic rings. The molecule has 15 heavy (non-hydrogen) atoms. The fourth-order valence-electron chi connectivity index (χ4n) is 1.58. The zero-order valence-corrected chi connectivity index (χ0v) is 10.0. The molecule has 0 atom stereocenters. The van der Waals surface area contributed by atoms with Gasteiger partial charge in [0.05, 0.1) is 13.5 Å². The molecule has 0 amide bonds.